The fourth-order valence-corrected chi connectivity index (χ4v) is 6.86. The van der Waals surface area contributed by atoms with Crippen LogP contribution in [0.4, 0.5) is 0 Å². The molecule has 0 amide bonds. The van der Waals surface area contributed by atoms with Crippen molar-refractivity contribution in [2.24, 2.45) is 5.92 Å². The SMILES string of the molecule is C[C@H](Oc1cccc(-c2cccc(-n3ncc(C(=O)O)c3C3CC3c3cn(C4CN(C)C4)nn3)c2)c1)C1CCCCC1. The Labute approximate surface area is 246 Å². The summed E-state index contributed by atoms with van der Waals surface area (Å²) in [6.45, 7) is 4.13. The summed E-state index contributed by atoms with van der Waals surface area (Å²) in [5.41, 5.74) is 4.81. The molecular formula is C33H38N6O3. The Balaban J connectivity index is 1.13. The maximum Gasteiger partial charge on any atom is 0.339 e. The lowest BCUT2D eigenvalue weighted by Crippen LogP contribution is -2.45. The summed E-state index contributed by atoms with van der Waals surface area (Å²) in [5, 5.41) is 23.4. The minimum Gasteiger partial charge on any atom is -0.490 e. The summed E-state index contributed by atoms with van der Waals surface area (Å²) >= 11 is 0. The predicted molar refractivity (Wildman–Crippen MR) is 159 cm³/mol. The molecule has 3 aliphatic rings. The van der Waals surface area contributed by atoms with Gasteiger partial charge in [-0.05, 0) is 74.5 Å². The van der Waals surface area contributed by atoms with Crippen LogP contribution in [-0.4, -0.2) is 67.0 Å². The molecule has 3 fully saturated rings. The second-order valence-electron chi connectivity index (χ2n) is 12.4. The molecule has 3 heterocycles. The van der Waals surface area contributed by atoms with Crippen LogP contribution in [0.25, 0.3) is 16.8 Å². The molecule has 218 valence electrons. The van der Waals surface area contributed by atoms with E-state index in [2.05, 4.69) is 58.5 Å². The quantitative estimate of drug-likeness (QED) is 0.268. The van der Waals surface area contributed by atoms with Gasteiger partial charge in [0.05, 0.1) is 35.4 Å². The zero-order valence-corrected chi connectivity index (χ0v) is 24.3. The van der Waals surface area contributed by atoms with Gasteiger partial charge in [0.25, 0.3) is 0 Å². The van der Waals surface area contributed by atoms with Gasteiger partial charge in [0.2, 0.25) is 0 Å². The van der Waals surface area contributed by atoms with Crippen LogP contribution >= 0.6 is 0 Å². The largest absolute Gasteiger partial charge is 0.490 e. The van der Waals surface area contributed by atoms with Crippen LogP contribution in [0.15, 0.2) is 60.9 Å². The van der Waals surface area contributed by atoms with Gasteiger partial charge in [-0.25, -0.2) is 14.2 Å². The lowest BCUT2D eigenvalue weighted by Gasteiger charge is -2.35. The Kier molecular flexibility index (Phi) is 7.06. The summed E-state index contributed by atoms with van der Waals surface area (Å²) in [6, 6.07) is 16.8. The Morgan fingerprint density at radius 3 is 2.55 bits per heavy atom. The van der Waals surface area contributed by atoms with Gasteiger partial charge in [-0.3, -0.25) is 0 Å². The van der Waals surface area contributed by atoms with Crippen LogP contribution in [0.3, 0.4) is 0 Å². The average molecular weight is 567 g/mol. The van der Waals surface area contributed by atoms with Gasteiger partial charge in [-0.15, -0.1) is 5.10 Å². The van der Waals surface area contributed by atoms with Crippen LogP contribution in [0.1, 0.15) is 85.1 Å². The van der Waals surface area contributed by atoms with Gasteiger partial charge in [0, 0.05) is 31.1 Å². The Morgan fingerprint density at radius 1 is 1.02 bits per heavy atom. The molecule has 4 aromatic rings. The van der Waals surface area contributed by atoms with E-state index in [-0.39, 0.29) is 23.5 Å². The molecule has 0 radical (unpaired) electrons. The molecule has 42 heavy (non-hydrogen) atoms. The van der Waals surface area contributed by atoms with Crippen LogP contribution in [0.2, 0.25) is 0 Å². The first-order chi connectivity index (χ1) is 20.4. The predicted octanol–water partition coefficient (Wildman–Crippen LogP) is 5.93. The molecule has 2 aliphatic carbocycles. The number of rotatable bonds is 9. The Bertz CT molecular complexity index is 1580. The molecule has 2 saturated carbocycles. The minimum absolute atomic E-state index is 0.0227. The number of carboxylic acid groups (broad SMARTS) is 1. The number of carboxylic acids is 1. The number of hydrogen-bond donors (Lipinski definition) is 1. The molecule has 1 N–H and O–H groups in total. The van der Waals surface area contributed by atoms with Crippen molar-refractivity contribution in [2.75, 3.05) is 20.1 Å². The fraction of sp³-hybridized carbons (Fsp3) is 0.455. The number of carbonyl (C=O) groups is 1. The van der Waals surface area contributed by atoms with Crippen molar-refractivity contribution in [3.05, 3.63) is 77.9 Å². The highest BCUT2D eigenvalue weighted by Crippen LogP contribution is 2.55. The Hall–Kier alpha value is -3.98. The zero-order valence-electron chi connectivity index (χ0n) is 24.3. The molecule has 2 aromatic heterocycles. The molecule has 2 unspecified atom stereocenters. The number of aromatic carboxylic acids is 1. The highest BCUT2D eigenvalue weighted by molar-refractivity contribution is 5.89. The monoisotopic (exact) mass is 566 g/mol. The van der Waals surface area contributed by atoms with Crippen LogP contribution in [0, 0.1) is 5.92 Å². The third-order valence-electron chi connectivity index (χ3n) is 9.40. The number of aromatic nitrogens is 5. The number of benzene rings is 2. The van der Waals surface area contributed by atoms with Crippen molar-refractivity contribution < 1.29 is 14.6 Å². The second-order valence-corrected chi connectivity index (χ2v) is 12.4. The summed E-state index contributed by atoms with van der Waals surface area (Å²) < 4.78 is 10.2. The summed E-state index contributed by atoms with van der Waals surface area (Å²) in [7, 11) is 2.10. The number of nitrogens with zero attached hydrogens (tertiary/aromatic N) is 6. The van der Waals surface area contributed by atoms with Gasteiger partial charge in [-0.2, -0.15) is 5.10 Å². The highest BCUT2D eigenvalue weighted by atomic mass is 16.5. The van der Waals surface area contributed by atoms with E-state index in [9.17, 15) is 9.90 Å². The zero-order chi connectivity index (χ0) is 28.8. The normalized spacial score (nSPS) is 22.0. The van der Waals surface area contributed by atoms with Crippen molar-refractivity contribution in [3.8, 4) is 22.6 Å². The van der Waals surface area contributed by atoms with Gasteiger partial charge in [0.15, 0.2) is 0 Å². The first kappa shape index (κ1) is 26.9. The molecule has 0 bridgehead atoms. The fourth-order valence-electron chi connectivity index (χ4n) is 6.86. The topological polar surface area (TPSA) is 98.3 Å². The van der Waals surface area contributed by atoms with Crippen molar-refractivity contribution in [1.82, 2.24) is 29.7 Å². The van der Waals surface area contributed by atoms with Gasteiger partial charge >= 0.3 is 5.97 Å². The number of ether oxygens (including phenoxy) is 1. The molecule has 2 aromatic carbocycles. The molecule has 3 atom stereocenters. The van der Waals surface area contributed by atoms with Crippen molar-refractivity contribution >= 4 is 5.97 Å². The average Bonchev–Trinajstić information content (AvgIpc) is 3.40. The van der Waals surface area contributed by atoms with E-state index in [1.165, 1.54) is 38.3 Å². The lowest BCUT2D eigenvalue weighted by atomic mass is 9.86. The minimum atomic E-state index is -0.962. The molecule has 7 rings (SSSR count). The van der Waals surface area contributed by atoms with Crippen molar-refractivity contribution in [2.45, 2.75) is 69.4 Å². The summed E-state index contributed by atoms with van der Waals surface area (Å²) in [4.78, 5) is 14.5. The van der Waals surface area contributed by atoms with E-state index < -0.39 is 5.97 Å². The first-order valence-corrected chi connectivity index (χ1v) is 15.2. The number of likely N-dealkylation sites (N-methyl/N-ethyl adjacent to an activating group) is 1. The van der Waals surface area contributed by atoms with Crippen LogP contribution in [-0.2, 0) is 0 Å². The smallest absolute Gasteiger partial charge is 0.339 e. The molecule has 0 spiro atoms. The van der Waals surface area contributed by atoms with Gasteiger partial charge < -0.3 is 14.7 Å². The molecule has 1 saturated heterocycles. The van der Waals surface area contributed by atoms with Gasteiger partial charge in [-0.1, -0.05) is 48.7 Å². The van der Waals surface area contributed by atoms with Crippen molar-refractivity contribution in [1.29, 1.82) is 0 Å². The molecule has 1 aliphatic heterocycles. The second kappa shape index (κ2) is 11.0. The van der Waals surface area contributed by atoms with Crippen LogP contribution in [0.5, 0.6) is 5.75 Å². The van der Waals surface area contributed by atoms with Crippen LogP contribution < -0.4 is 4.74 Å². The highest BCUT2D eigenvalue weighted by Gasteiger charge is 2.46. The third kappa shape index (κ3) is 5.22. The molecular weight excluding hydrogens is 528 g/mol. The van der Waals surface area contributed by atoms with E-state index in [1.54, 1.807) is 4.68 Å². The van der Waals surface area contributed by atoms with E-state index >= 15 is 0 Å². The Morgan fingerprint density at radius 2 is 1.79 bits per heavy atom. The summed E-state index contributed by atoms with van der Waals surface area (Å²) in [6.07, 6.45) is 10.9. The van der Waals surface area contributed by atoms with E-state index in [4.69, 9.17) is 4.74 Å². The first-order valence-electron chi connectivity index (χ1n) is 15.2. The van der Waals surface area contributed by atoms with Crippen molar-refractivity contribution in [3.63, 3.8) is 0 Å². The number of hydrogen-bond acceptors (Lipinski definition) is 6. The third-order valence-corrected chi connectivity index (χ3v) is 9.40. The maximum absolute atomic E-state index is 12.2. The number of likely N-dealkylation sites (tertiary alicyclic amines) is 1. The van der Waals surface area contributed by atoms with E-state index in [0.29, 0.717) is 12.0 Å². The summed E-state index contributed by atoms with van der Waals surface area (Å²) in [5.74, 6) is 0.688. The standard InChI is InChI=1S/C33H38N6O3/c1-21(22-8-4-3-5-9-22)42-27-13-7-11-24(15-27)23-10-6-12-25(14-23)39-32(30(17-34-39)33(40)41)29-16-28(29)31-20-38(36-35-31)26-18-37(2)19-26/h6-7,10-15,17,20-22,26,28-29H,3-5,8-9,16,18-19H2,1-2H3,(H,40,41)/t21-,28?,29?/m0/s1. The van der Waals surface area contributed by atoms with E-state index in [0.717, 1.165) is 53.5 Å². The van der Waals surface area contributed by atoms with E-state index in [1.807, 2.05) is 35.1 Å². The lowest BCUT2D eigenvalue weighted by molar-refractivity contribution is 0.0695. The maximum atomic E-state index is 12.2. The molecule has 9 nitrogen and oxygen atoms in total. The van der Waals surface area contributed by atoms with Gasteiger partial charge in [0.1, 0.15) is 11.3 Å². The molecule has 9 heteroatoms.